The van der Waals surface area contributed by atoms with Crippen LogP contribution in [0.4, 0.5) is 15.0 Å². The fourth-order valence-electron chi connectivity index (χ4n) is 2.48. The average Bonchev–Trinajstić information content (AvgIpc) is 3.04. The summed E-state index contributed by atoms with van der Waals surface area (Å²) in [5.74, 6) is 0.0111. The molecule has 0 saturated heterocycles. The molecule has 1 amide bonds. The lowest BCUT2D eigenvalue weighted by Gasteiger charge is -2.08. The minimum Gasteiger partial charge on any atom is -0.450 e. The Hall–Kier alpha value is -2.94. The number of ether oxygens (including phenoxy) is 1. The van der Waals surface area contributed by atoms with Crippen LogP contribution in [0.25, 0.3) is 11.2 Å². The van der Waals surface area contributed by atoms with Crippen molar-refractivity contribution in [1.82, 2.24) is 24.8 Å². The summed E-state index contributed by atoms with van der Waals surface area (Å²) in [6.45, 7) is 1.18. The van der Waals surface area contributed by atoms with Crippen LogP contribution in [0, 0.1) is 6.08 Å². The highest BCUT2D eigenvalue weighted by atomic mass is 35.5. The number of rotatable bonds is 7. The largest absolute Gasteiger partial charge is 0.450 e. The van der Waals surface area contributed by atoms with Crippen LogP contribution in [-0.2, 0) is 17.8 Å². The lowest BCUT2D eigenvalue weighted by Crippen LogP contribution is -2.24. The molecule has 0 spiro atoms. The van der Waals surface area contributed by atoms with Crippen LogP contribution in [0.5, 0.6) is 0 Å². The molecule has 0 aliphatic rings. The van der Waals surface area contributed by atoms with Gasteiger partial charge < -0.3 is 20.4 Å². The first-order valence-electron chi connectivity index (χ1n) is 8.32. The van der Waals surface area contributed by atoms with Crippen LogP contribution in [0.2, 0.25) is 5.02 Å². The predicted octanol–water partition coefficient (Wildman–Crippen LogP) is 2.91. The summed E-state index contributed by atoms with van der Waals surface area (Å²) < 4.78 is 20.1. The molecule has 2 heterocycles. The molecule has 2 aromatic heterocycles. The Bertz CT molecular complexity index is 931. The number of nitrogens with two attached hydrogens (primary N) is 1. The molecule has 1 aromatic carbocycles. The van der Waals surface area contributed by atoms with E-state index in [0.29, 0.717) is 42.1 Å². The van der Waals surface area contributed by atoms with E-state index in [1.807, 2.05) is 12.1 Å². The number of unbranched alkanes of at least 4 members (excludes halogenated alkanes) is 1. The average molecular weight is 393 g/mol. The standard InChI is InChI=1S/C17H18ClFN6O2/c18-12-5-3-11(4-6-12)9-21-17(26)27-8-2-1-7-25-10-22-13-14(20)23-16(19)24-15(13)25/h3-6,10H,1-2,7-9H2,(H,21,26)(H2,20,23,24). The second kappa shape index (κ2) is 8.63. The van der Waals surface area contributed by atoms with E-state index >= 15 is 0 Å². The van der Waals surface area contributed by atoms with Gasteiger partial charge in [-0.2, -0.15) is 14.4 Å². The Morgan fingerprint density at radius 1 is 1.26 bits per heavy atom. The lowest BCUT2D eigenvalue weighted by atomic mass is 10.2. The maximum Gasteiger partial charge on any atom is 0.407 e. The fourth-order valence-corrected chi connectivity index (χ4v) is 2.60. The van der Waals surface area contributed by atoms with E-state index in [9.17, 15) is 9.18 Å². The fraction of sp³-hybridized carbons (Fsp3) is 0.294. The van der Waals surface area contributed by atoms with Gasteiger partial charge in [0.25, 0.3) is 0 Å². The molecule has 0 fully saturated rings. The highest BCUT2D eigenvalue weighted by Gasteiger charge is 2.11. The van der Waals surface area contributed by atoms with Crippen molar-refractivity contribution in [2.45, 2.75) is 25.9 Å². The molecule has 10 heteroatoms. The van der Waals surface area contributed by atoms with Gasteiger partial charge >= 0.3 is 12.2 Å². The van der Waals surface area contributed by atoms with Gasteiger partial charge in [-0.15, -0.1) is 0 Å². The molecule has 27 heavy (non-hydrogen) atoms. The molecule has 0 aliphatic carbocycles. The predicted molar refractivity (Wildman–Crippen MR) is 98.6 cm³/mol. The number of amides is 1. The highest BCUT2D eigenvalue weighted by molar-refractivity contribution is 6.30. The lowest BCUT2D eigenvalue weighted by molar-refractivity contribution is 0.143. The number of benzene rings is 1. The van der Waals surface area contributed by atoms with Crippen molar-refractivity contribution in [3.63, 3.8) is 0 Å². The molecule has 0 aliphatic heterocycles. The van der Waals surface area contributed by atoms with Gasteiger partial charge in [-0.05, 0) is 30.5 Å². The van der Waals surface area contributed by atoms with Gasteiger partial charge in [-0.3, -0.25) is 0 Å². The molecular weight excluding hydrogens is 375 g/mol. The zero-order valence-electron chi connectivity index (χ0n) is 14.4. The third-order valence-corrected chi connectivity index (χ3v) is 4.09. The first-order valence-corrected chi connectivity index (χ1v) is 8.69. The third kappa shape index (κ3) is 5.04. The van der Waals surface area contributed by atoms with Crippen molar-refractivity contribution in [3.8, 4) is 0 Å². The normalized spacial score (nSPS) is 10.9. The number of nitrogens with zero attached hydrogens (tertiary/aromatic N) is 4. The van der Waals surface area contributed by atoms with Gasteiger partial charge in [0.05, 0.1) is 12.9 Å². The minimum absolute atomic E-state index is 0.0111. The third-order valence-electron chi connectivity index (χ3n) is 3.84. The summed E-state index contributed by atoms with van der Waals surface area (Å²) in [6.07, 6.45) is 1.50. The zero-order valence-corrected chi connectivity index (χ0v) is 15.1. The molecule has 0 unspecified atom stereocenters. The van der Waals surface area contributed by atoms with Gasteiger partial charge in [0.1, 0.15) is 5.52 Å². The maximum atomic E-state index is 13.3. The molecule has 142 valence electrons. The topological polar surface area (TPSA) is 108 Å². The smallest absolute Gasteiger partial charge is 0.407 e. The van der Waals surface area contributed by atoms with Gasteiger partial charge in [-0.25, -0.2) is 9.78 Å². The van der Waals surface area contributed by atoms with Crippen LogP contribution in [-0.4, -0.2) is 32.2 Å². The number of carbonyl (C=O) groups excluding carboxylic acids is 1. The number of aryl methyl sites for hydroxylation is 1. The first-order chi connectivity index (χ1) is 13.0. The Kier molecular flexibility index (Phi) is 6.02. The molecular formula is C17H18ClFN6O2. The summed E-state index contributed by atoms with van der Waals surface area (Å²) in [6, 6.07) is 7.18. The number of nitrogens with one attached hydrogen (secondary N) is 1. The number of hydrogen-bond donors (Lipinski definition) is 2. The second-order valence-corrected chi connectivity index (χ2v) is 6.25. The quantitative estimate of drug-likeness (QED) is 0.472. The van der Waals surface area contributed by atoms with E-state index in [-0.39, 0.29) is 12.4 Å². The Morgan fingerprint density at radius 2 is 2.04 bits per heavy atom. The maximum absolute atomic E-state index is 13.3. The number of halogens is 2. The van der Waals surface area contributed by atoms with E-state index in [4.69, 9.17) is 22.1 Å². The van der Waals surface area contributed by atoms with E-state index < -0.39 is 12.2 Å². The second-order valence-electron chi connectivity index (χ2n) is 5.81. The van der Waals surface area contributed by atoms with Crippen LogP contribution < -0.4 is 11.1 Å². The van der Waals surface area contributed by atoms with Crippen LogP contribution in [0.3, 0.4) is 0 Å². The molecule has 3 N–H and O–H groups in total. The summed E-state index contributed by atoms with van der Waals surface area (Å²) in [5.41, 5.74) is 7.27. The highest BCUT2D eigenvalue weighted by Crippen LogP contribution is 2.16. The Labute approximate surface area is 159 Å². The summed E-state index contributed by atoms with van der Waals surface area (Å²) in [5, 5.41) is 3.31. The molecule has 0 radical (unpaired) electrons. The number of hydrogen-bond acceptors (Lipinski definition) is 6. The first kappa shape index (κ1) is 18.8. The van der Waals surface area contributed by atoms with Crippen molar-refractivity contribution < 1.29 is 13.9 Å². The van der Waals surface area contributed by atoms with E-state index in [1.54, 1.807) is 16.7 Å². The molecule has 0 saturated carbocycles. The van der Waals surface area contributed by atoms with E-state index in [1.165, 1.54) is 6.33 Å². The molecule has 8 nitrogen and oxygen atoms in total. The minimum atomic E-state index is -0.887. The Balaban J connectivity index is 1.38. The Morgan fingerprint density at radius 3 is 2.81 bits per heavy atom. The van der Waals surface area contributed by atoms with Gasteiger partial charge in [-0.1, -0.05) is 23.7 Å². The number of imidazole rings is 1. The number of alkyl carbamates (subject to hydrolysis) is 1. The number of aromatic nitrogens is 4. The summed E-state index contributed by atoms with van der Waals surface area (Å²) in [7, 11) is 0. The number of carbonyl (C=O) groups is 1. The van der Waals surface area contributed by atoms with Crippen LogP contribution >= 0.6 is 11.6 Å². The van der Waals surface area contributed by atoms with Crippen molar-refractivity contribution in [1.29, 1.82) is 0 Å². The van der Waals surface area contributed by atoms with Crippen molar-refractivity contribution >= 4 is 34.7 Å². The van der Waals surface area contributed by atoms with Gasteiger partial charge in [0, 0.05) is 18.1 Å². The number of anilines is 1. The van der Waals surface area contributed by atoms with E-state index in [2.05, 4.69) is 20.3 Å². The van der Waals surface area contributed by atoms with Crippen molar-refractivity contribution in [3.05, 3.63) is 47.3 Å². The molecule has 3 aromatic rings. The van der Waals surface area contributed by atoms with Gasteiger partial charge in [0.2, 0.25) is 0 Å². The van der Waals surface area contributed by atoms with E-state index in [0.717, 1.165) is 5.56 Å². The molecule has 3 rings (SSSR count). The zero-order chi connectivity index (χ0) is 19.2. The van der Waals surface area contributed by atoms with Crippen molar-refractivity contribution in [2.24, 2.45) is 0 Å². The van der Waals surface area contributed by atoms with Crippen molar-refractivity contribution in [2.75, 3.05) is 12.3 Å². The van der Waals surface area contributed by atoms with Gasteiger partial charge in [0.15, 0.2) is 11.5 Å². The number of fused-ring (bicyclic) bond motifs is 1. The van der Waals surface area contributed by atoms with Crippen LogP contribution in [0.1, 0.15) is 18.4 Å². The molecule has 0 bridgehead atoms. The number of nitrogen functional groups attached to an aromatic ring is 1. The summed E-state index contributed by atoms with van der Waals surface area (Å²) in [4.78, 5) is 22.9. The molecule has 0 atom stereocenters. The summed E-state index contributed by atoms with van der Waals surface area (Å²) >= 11 is 5.81. The van der Waals surface area contributed by atoms with Crippen LogP contribution in [0.15, 0.2) is 30.6 Å². The monoisotopic (exact) mass is 392 g/mol. The SMILES string of the molecule is Nc1nc(F)nc2c1ncn2CCCCOC(=O)NCc1ccc(Cl)cc1.